The molecule has 0 aliphatic rings. The Kier molecular flexibility index (Phi) is 4.88. The molecule has 2 rings (SSSR count). The number of hydrogen-bond acceptors (Lipinski definition) is 3. The molecule has 0 aliphatic carbocycles. The van der Waals surface area contributed by atoms with Crippen molar-refractivity contribution in [1.82, 2.24) is 15.1 Å². The van der Waals surface area contributed by atoms with Gasteiger partial charge in [-0.15, -0.1) is 0 Å². The topological polar surface area (TPSA) is 67.2 Å². The second-order valence-electron chi connectivity index (χ2n) is 6.22. The first-order valence-electron chi connectivity index (χ1n) is 7.05. The van der Waals surface area contributed by atoms with Gasteiger partial charge in [-0.3, -0.25) is 4.79 Å². The second-order valence-corrected chi connectivity index (χ2v) is 6.62. The number of nitrogens with zero attached hydrogens (tertiary/aromatic N) is 2. The summed E-state index contributed by atoms with van der Waals surface area (Å²) in [6.45, 7) is 5.94. The summed E-state index contributed by atoms with van der Waals surface area (Å²) >= 11 is 6.11. The fourth-order valence-electron chi connectivity index (χ4n) is 1.81. The van der Waals surface area contributed by atoms with Crippen LogP contribution >= 0.6 is 11.6 Å². The van der Waals surface area contributed by atoms with Crippen LogP contribution in [0.3, 0.4) is 0 Å². The third kappa shape index (κ3) is 3.87. The van der Waals surface area contributed by atoms with Crippen molar-refractivity contribution in [2.45, 2.75) is 26.9 Å². The van der Waals surface area contributed by atoms with Crippen LogP contribution in [0.15, 0.2) is 36.7 Å². The van der Waals surface area contributed by atoms with Crippen molar-refractivity contribution < 1.29 is 9.90 Å². The standard InChI is InChI=1S/C16H20ClN3O2/c1-16(2,3)14(21)9-18-15(22)11-8-19-20(10-11)13-7-5-4-6-12(13)17/h4-8,10,14,21H,9H2,1-3H3,(H,18,22). The minimum atomic E-state index is -0.616. The molecule has 6 heteroatoms. The number of rotatable bonds is 4. The molecule has 118 valence electrons. The van der Waals surface area contributed by atoms with E-state index in [2.05, 4.69) is 10.4 Å². The van der Waals surface area contributed by atoms with Gasteiger partial charge in [-0.2, -0.15) is 5.10 Å². The van der Waals surface area contributed by atoms with Crippen LogP contribution in [0.2, 0.25) is 5.02 Å². The number of aliphatic hydroxyl groups excluding tert-OH is 1. The van der Waals surface area contributed by atoms with Crippen LogP contribution in [0.1, 0.15) is 31.1 Å². The van der Waals surface area contributed by atoms with Gasteiger partial charge < -0.3 is 10.4 Å². The molecule has 0 saturated carbocycles. The molecular formula is C16H20ClN3O2. The number of carbonyl (C=O) groups is 1. The first-order valence-corrected chi connectivity index (χ1v) is 7.42. The van der Waals surface area contributed by atoms with E-state index in [1.54, 1.807) is 16.9 Å². The Hall–Kier alpha value is -1.85. The Labute approximate surface area is 134 Å². The zero-order chi connectivity index (χ0) is 16.3. The summed E-state index contributed by atoms with van der Waals surface area (Å²) in [5, 5.41) is 17.4. The largest absolute Gasteiger partial charge is 0.391 e. The van der Waals surface area contributed by atoms with Gasteiger partial charge in [0.25, 0.3) is 5.91 Å². The van der Waals surface area contributed by atoms with Gasteiger partial charge in [-0.1, -0.05) is 44.5 Å². The lowest BCUT2D eigenvalue weighted by Gasteiger charge is -2.25. The molecule has 0 bridgehead atoms. The summed E-state index contributed by atoms with van der Waals surface area (Å²) in [7, 11) is 0. The van der Waals surface area contributed by atoms with E-state index >= 15 is 0 Å². The second kappa shape index (κ2) is 6.50. The lowest BCUT2D eigenvalue weighted by molar-refractivity contribution is 0.0587. The van der Waals surface area contributed by atoms with Crippen LogP contribution in [0.5, 0.6) is 0 Å². The van der Waals surface area contributed by atoms with E-state index in [4.69, 9.17) is 11.6 Å². The van der Waals surface area contributed by atoms with Crippen molar-refractivity contribution in [2.24, 2.45) is 5.41 Å². The molecule has 1 heterocycles. The third-order valence-electron chi connectivity index (χ3n) is 3.40. The average Bonchev–Trinajstić information content (AvgIpc) is 2.93. The van der Waals surface area contributed by atoms with E-state index < -0.39 is 6.10 Å². The molecule has 0 fully saturated rings. The molecule has 5 nitrogen and oxygen atoms in total. The number of amides is 1. The minimum Gasteiger partial charge on any atom is -0.391 e. The van der Waals surface area contributed by atoms with Crippen molar-refractivity contribution >= 4 is 17.5 Å². The maximum Gasteiger partial charge on any atom is 0.254 e. The Morgan fingerprint density at radius 3 is 2.73 bits per heavy atom. The molecule has 0 spiro atoms. The number of para-hydroxylation sites is 1. The predicted molar refractivity (Wildman–Crippen MR) is 86.4 cm³/mol. The van der Waals surface area contributed by atoms with Crippen LogP contribution in [-0.4, -0.2) is 33.4 Å². The molecule has 0 saturated heterocycles. The highest BCUT2D eigenvalue weighted by molar-refractivity contribution is 6.32. The third-order valence-corrected chi connectivity index (χ3v) is 3.72. The molecule has 1 amide bonds. The Balaban J connectivity index is 2.06. The summed E-state index contributed by atoms with van der Waals surface area (Å²) in [6, 6.07) is 7.26. The van der Waals surface area contributed by atoms with Gasteiger partial charge in [-0.25, -0.2) is 4.68 Å². The number of aromatic nitrogens is 2. The van der Waals surface area contributed by atoms with Gasteiger partial charge in [0.2, 0.25) is 0 Å². The van der Waals surface area contributed by atoms with Gasteiger partial charge in [-0.05, 0) is 17.5 Å². The molecule has 2 aromatic rings. The zero-order valence-corrected chi connectivity index (χ0v) is 13.6. The van der Waals surface area contributed by atoms with Crippen molar-refractivity contribution in [3.05, 3.63) is 47.2 Å². The van der Waals surface area contributed by atoms with Crippen LogP contribution in [0.25, 0.3) is 5.69 Å². The quantitative estimate of drug-likeness (QED) is 0.909. The van der Waals surface area contributed by atoms with Crippen LogP contribution in [0.4, 0.5) is 0 Å². The van der Waals surface area contributed by atoms with E-state index in [0.29, 0.717) is 16.3 Å². The summed E-state index contributed by atoms with van der Waals surface area (Å²) in [4.78, 5) is 12.1. The monoisotopic (exact) mass is 321 g/mol. The highest BCUT2D eigenvalue weighted by atomic mass is 35.5. The Bertz CT molecular complexity index is 661. The van der Waals surface area contributed by atoms with Gasteiger partial charge >= 0.3 is 0 Å². The molecule has 0 aliphatic heterocycles. The lowest BCUT2D eigenvalue weighted by Crippen LogP contribution is -2.39. The van der Waals surface area contributed by atoms with E-state index in [9.17, 15) is 9.90 Å². The van der Waals surface area contributed by atoms with Gasteiger partial charge in [0.05, 0.1) is 28.6 Å². The van der Waals surface area contributed by atoms with Crippen molar-refractivity contribution in [1.29, 1.82) is 0 Å². The minimum absolute atomic E-state index is 0.194. The summed E-state index contributed by atoms with van der Waals surface area (Å²) in [6.07, 6.45) is 2.47. The highest BCUT2D eigenvalue weighted by Crippen LogP contribution is 2.20. The maximum absolute atomic E-state index is 12.1. The molecule has 22 heavy (non-hydrogen) atoms. The average molecular weight is 322 g/mol. The molecule has 0 radical (unpaired) electrons. The van der Waals surface area contributed by atoms with Crippen molar-refractivity contribution in [3.8, 4) is 5.69 Å². The molecule has 1 aromatic heterocycles. The Morgan fingerprint density at radius 1 is 1.41 bits per heavy atom. The Morgan fingerprint density at radius 2 is 2.09 bits per heavy atom. The van der Waals surface area contributed by atoms with Gasteiger partial charge in [0.15, 0.2) is 0 Å². The highest BCUT2D eigenvalue weighted by Gasteiger charge is 2.22. The number of carbonyl (C=O) groups excluding carboxylic acids is 1. The first kappa shape index (κ1) is 16.5. The number of halogens is 1. The lowest BCUT2D eigenvalue weighted by atomic mass is 9.89. The van der Waals surface area contributed by atoms with Crippen molar-refractivity contribution in [2.75, 3.05) is 6.54 Å². The fourth-order valence-corrected chi connectivity index (χ4v) is 2.03. The summed E-state index contributed by atoms with van der Waals surface area (Å²) in [5.74, 6) is -0.276. The summed E-state index contributed by atoms with van der Waals surface area (Å²) < 4.78 is 1.55. The van der Waals surface area contributed by atoms with E-state index in [1.807, 2.05) is 39.0 Å². The number of hydrogen-bond donors (Lipinski definition) is 2. The number of aliphatic hydroxyl groups is 1. The molecule has 1 unspecified atom stereocenters. The summed E-state index contributed by atoms with van der Waals surface area (Å²) in [5.41, 5.74) is 0.841. The SMILES string of the molecule is CC(C)(C)C(O)CNC(=O)c1cnn(-c2ccccc2Cl)c1. The predicted octanol–water partition coefficient (Wildman–Crippen LogP) is 2.66. The zero-order valence-electron chi connectivity index (χ0n) is 12.9. The van der Waals surface area contributed by atoms with Crippen molar-refractivity contribution in [3.63, 3.8) is 0 Å². The number of benzene rings is 1. The number of nitrogens with one attached hydrogen (secondary N) is 1. The normalized spacial score (nSPS) is 13.0. The fraction of sp³-hybridized carbons (Fsp3) is 0.375. The van der Waals surface area contributed by atoms with E-state index in [-0.39, 0.29) is 17.9 Å². The van der Waals surface area contributed by atoms with E-state index in [0.717, 1.165) is 0 Å². The van der Waals surface area contributed by atoms with Crippen LogP contribution in [0, 0.1) is 5.41 Å². The van der Waals surface area contributed by atoms with Gasteiger partial charge in [0, 0.05) is 12.7 Å². The van der Waals surface area contributed by atoms with Crippen LogP contribution < -0.4 is 5.32 Å². The maximum atomic E-state index is 12.1. The molecule has 2 N–H and O–H groups in total. The van der Waals surface area contributed by atoms with Gasteiger partial charge in [0.1, 0.15) is 0 Å². The molecular weight excluding hydrogens is 302 g/mol. The smallest absolute Gasteiger partial charge is 0.254 e. The molecule has 1 aromatic carbocycles. The first-order chi connectivity index (χ1) is 10.3. The molecule has 1 atom stereocenters. The van der Waals surface area contributed by atoms with Crippen LogP contribution in [-0.2, 0) is 0 Å². The van der Waals surface area contributed by atoms with E-state index in [1.165, 1.54) is 6.20 Å².